The predicted molar refractivity (Wildman–Crippen MR) is 69.5 cm³/mol. The van der Waals surface area contributed by atoms with E-state index in [2.05, 4.69) is 0 Å². The summed E-state index contributed by atoms with van der Waals surface area (Å²) in [5, 5.41) is 0. The molecule has 4 heteroatoms. The van der Waals surface area contributed by atoms with Gasteiger partial charge in [0.2, 0.25) is 0 Å². The van der Waals surface area contributed by atoms with Crippen LogP contribution < -0.4 is 0 Å². The topological polar surface area (TPSA) is 38.8 Å². The van der Waals surface area contributed by atoms with E-state index in [0.717, 1.165) is 25.9 Å². The van der Waals surface area contributed by atoms with E-state index in [9.17, 15) is 4.79 Å². The van der Waals surface area contributed by atoms with Crippen molar-refractivity contribution in [1.82, 2.24) is 4.90 Å². The number of rotatable bonds is 1. The van der Waals surface area contributed by atoms with Crippen LogP contribution in [0.2, 0.25) is 0 Å². The highest BCUT2D eigenvalue weighted by atomic mass is 16.6. The minimum atomic E-state index is -0.395. The first-order valence-corrected chi connectivity index (χ1v) is 6.84. The Morgan fingerprint density at radius 3 is 2.22 bits per heavy atom. The van der Waals surface area contributed by atoms with E-state index in [-0.39, 0.29) is 6.09 Å². The monoisotopic (exact) mass is 255 g/mol. The summed E-state index contributed by atoms with van der Waals surface area (Å²) >= 11 is 0. The summed E-state index contributed by atoms with van der Waals surface area (Å²) in [6, 6.07) is 0. The van der Waals surface area contributed by atoms with Gasteiger partial charge in [0.15, 0.2) is 0 Å². The SMILES string of the molecule is COC1CCC2(CC1)CN(C(=O)OC(C)(C)C)C2. The van der Waals surface area contributed by atoms with Crippen molar-refractivity contribution in [3.05, 3.63) is 0 Å². The summed E-state index contributed by atoms with van der Waals surface area (Å²) in [5.41, 5.74) is -0.0422. The molecule has 0 bridgehead atoms. The van der Waals surface area contributed by atoms with Crippen molar-refractivity contribution in [2.45, 2.75) is 58.2 Å². The number of hydrogen-bond acceptors (Lipinski definition) is 3. The molecular weight excluding hydrogens is 230 g/mol. The van der Waals surface area contributed by atoms with Gasteiger partial charge in [0.1, 0.15) is 5.60 Å². The summed E-state index contributed by atoms with van der Waals surface area (Å²) in [5.74, 6) is 0. The summed E-state index contributed by atoms with van der Waals surface area (Å²) in [7, 11) is 1.79. The van der Waals surface area contributed by atoms with Crippen LogP contribution in [0.5, 0.6) is 0 Å². The lowest BCUT2D eigenvalue weighted by molar-refractivity contribution is -0.0690. The van der Waals surface area contributed by atoms with Gasteiger partial charge in [-0.2, -0.15) is 0 Å². The molecule has 1 amide bonds. The zero-order valence-corrected chi connectivity index (χ0v) is 12.0. The van der Waals surface area contributed by atoms with E-state index >= 15 is 0 Å². The van der Waals surface area contributed by atoms with Crippen molar-refractivity contribution in [2.75, 3.05) is 20.2 Å². The standard InChI is InChI=1S/C14H25NO3/c1-13(2,3)18-12(16)15-9-14(10-15)7-5-11(17-4)6-8-14/h11H,5-10H2,1-4H3. The van der Waals surface area contributed by atoms with Crippen molar-refractivity contribution in [1.29, 1.82) is 0 Å². The molecule has 1 aliphatic carbocycles. The molecule has 18 heavy (non-hydrogen) atoms. The van der Waals surface area contributed by atoms with Gasteiger partial charge in [-0.25, -0.2) is 4.79 Å². The number of ether oxygens (including phenoxy) is 2. The molecule has 0 aromatic rings. The number of carbonyl (C=O) groups excluding carboxylic acids is 1. The van der Waals surface area contributed by atoms with E-state index in [0.29, 0.717) is 11.5 Å². The van der Waals surface area contributed by atoms with Gasteiger partial charge in [-0.1, -0.05) is 0 Å². The van der Waals surface area contributed by atoms with Gasteiger partial charge in [0, 0.05) is 25.6 Å². The average molecular weight is 255 g/mol. The number of carbonyl (C=O) groups is 1. The molecule has 0 N–H and O–H groups in total. The van der Waals surface area contributed by atoms with E-state index in [1.54, 1.807) is 7.11 Å². The first-order valence-electron chi connectivity index (χ1n) is 6.84. The molecule has 104 valence electrons. The lowest BCUT2D eigenvalue weighted by Gasteiger charge is -2.53. The fourth-order valence-corrected chi connectivity index (χ4v) is 2.97. The van der Waals surface area contributed by atoms with Gasteiger partial charge in [-0.3, -0.25) is 0 Å². The van der Waals surface area contributed by atoms with Crippen LogP contribution in [0.1, 0.15) is 46.5 Å². The summed E-state index contributed by atoms with van der Waals surface area (Å²) in [4.78, 5) is 13.7. The number of nitrogens with zero attached hydrogens (tertiary/aromatic N) is 1. The third-order valence-electron chi connectivity index (χ3n) is 4.03. The van der Waals surface area contributed by atoms with Crippen molar-refractivity contribution in [3.8, 4) is 0 Å². The third-order valence-corrected chi connectivity index (χ3v) is 4.03. The maximum atomic E-state index is 11.9. The highest BCUT2D eigenvalue weighted by Gasteiger charge is 2.47. The zero-order valence-electron chi connectivity index (χ0n) is 12.0. The summed E-state index contributed by atoms with van der Waals surface area (Å²) in [6.45, 7) is 7.44. The predicted octanol–water partition coefficient (Wildman–Crippen LogP) is 2.81. The van der Waals surface area contributed by atoms with E-state index in [1.807, 2.05) is 25.7 Å². The molecule has 0 radical (unpaired) electrons. The minimum Gasteiger partial charge on any atom is -0.444 e. The van der Waals surface area contributed by atoms with Crippen molar-refractivity contribution in [3.63, 3.8) is 0 Å². The Balaban J connectivity index is 1.78. The molecule has 4 nitrogen and oxygen atoms in total. The minimum absolute atomic E-state index is 0.165. The average Bonchev–Trinajstić information content (AvgIpc) is 2.23. The van der Waals surface area contributed by atoms with Gasteiger partial charge in [0.05, 0.1) is 6.10 Å². The first-order chi connectivity index (χ1) is 8.34. The van der Waals surface area contributed by atoms with E-state index in [4.69, 9.17) is 9.47 Å². The molecule has 1 saturated carbocycles. The smallest absolute Gasteiger partial charge is 0.410 e. The number of methoxy groups -OCH3 is 1. The Labute approximate surface area is 110 Å². The van der Waals surface area contributed by atoms with Crippen LogP contribution in [0.4, 0.5) is 4.79 Å². The molecule has 0 aromatic carbocycles. The highest BCUT2D eigenvalue weighted by Crippen LogP contribution is 2.44. The van der Waals surface area contributed by atoms with Crippen LogP contribution in [0.15, 0.2) is 0 Å². The molecule has 0 atom stereocenters. The Hall–Kier alpha value is -0.770. The Bertz CT molecular complexity index is 305. The number of hydrogen-bond donors (Lipinski definition) is 0. The maximum Gasteiger partial charge on any atom is 0.410 e. The summed E-state index contributed by atoms with van der Waals surface area (Å²) < 4.78 is 10.8. The molecular formula is C14H25NO3. The quantitative estimate of drug-likeness (QED) is 0.723. The van der Waals surface area contributed by atoms with Crippen LogP contribution >= 0.6 is 0 Å². The van der Waals surface area contributed by atoms with Gasteiger partial charge in [-0.15, -0.1) is 0 Å². The molecule has 0 unspecified atom stereocenters. The van der Waals surface area contributed by atoms with Crippen LogP contribution in [0.25, 0.3) is 0 Å². The highest BCUT2D eigenvalue weighted by molar-refractivity contribution is 5.69. The maximum absolute atomic E-state index is 11.9. The zero-order chi connectivity index (χ0) is 13.4. The van der Waals surface area contributed by atoms with E-state index < -0.39 is 5.60 Å². The molecule has 1 spiro atoms. The van der Waals surface area contributed by atoms with Crippen molar-refractivity contribution < 1.29 is 14.3 Å². The largest absolute Gasteiger partial charge is 0.444 e. The molecule has 1 heterocycles. The number of likely N-dealkylation sites (tertiary alicyclic amines) is 1. The van der Waals surface area contributed by atoms with Crippen LogP contribution in [-0.2, 0) is 9.47 Å². The Kier molecular flexibility index (Phi) is 3.58. The fourth-order valence-electron chi connectivity index (χ4n) is 2.97. The lowest BCUT2D eigenvalue weighted by Crippen LogP contribution is -2.60. The van der Waals surface area contributed by atoms with Crippen LogP contribution in [-0.4, -0.2) is 42.9 Å². The molecule has 1 saturated heterocycles. The van der Waals surface area contributed by atoms with Gasteiger partial charge in [-0.05, 0) is 46.5 Å². The van der Waals surface area contributed by atoms with Crippen LogP contribution in [0, 0.1) is 5.41 Å². The molecule has 2 aliphatic rings. The van der Waals surface area contributed by atoms with Crippen LogP contribution in [0.3, 0.4) is 0 Å². The third kappa shape index (κ3) is 2.97. The molecule has 0 aromatic heterocycles. The number of amides is 1. The second-order valence-electron chi connectivity index (χ2n) is 6.77. The Morgan fingerprint density at radius 2 is 1.78 bits per heavy atom. The normalized spacial score (nSPS) is 23.9. The second kappa shape index (κ2) is 4.72. The van der Waals surface area contributed by atoms with Gasteiger partial charge < -0.3 is 14.4 Å². The van der Waals surface area contributed by atoms with E-state index in [1.165, 1.54) is 12.8 Å². The fraction of sp³-hybridized carbons (Fsp3) is 0.929. The second-order valence-corrected chi connectivity index (χ2v) is 6.77. The first kappa shape index (κ1) is 13.7. The van der Waals surface area contributed by atoms with Crippen molar-refractivity contribution in [2.24, 2.45) is 5.41 Å². The molecule has 2 rings (SSSR count). The summed E-state index contributed by atoms with van der Waals surface area (Å²) in [6.07, 6.45) is 4.85. The molecule has 1 aliphatic heterocycles. The lowest BCUT2D eigenvalue weighted by atomic mass is 9.68. The molecule has 2 fully saturated rings. The Morgan fingerprint density at radius 1 is 1.22 bits per heavy atom. The van der Waals surface area contributed by atoms with Gasteiger partial charge >= 0.3 is 6.09 Å². The van der Waals surface area contributed by atoms with Crippen molar-refractivity contribution >= 4 is 6.09 Å². The van der Waals surface area contributed by atoms with Gasteiger partial charge in [0.25, 0.3) is 0 Å².